The van der Waals surface area contributed by atoms with Gasteiger partial charge in [0.25, 0.3) is 0 Å². The van der Waals surface area contributed by atoms with Crippen LogP contribution in [-0.4, -0.2) is 36.8 Å². The van der Waals surface area contributed by atoms with Gasteiger partial charge in [0.15, 0.2) is 0 Å². The van der Waals surface area contributed by atoms with E-state index in [2.05, 4.69) is 10.6 Å². The van der Waals surface area contributed by atoms with Gasteiger partial charge in [0.2, 0.25) is 5.91 Å². The van der Waals surface area contributed by atoms with Crippen LogP contribution in [0.25, 0.3) is 0 Å². The van der Waals surface area contributed by atoms with Gasteiger partial charge in [-0.05, 0) is 37.9 Å². The number of benzene rings is 1. The summed E-state index contributed by atoms with van der Waals surface area (Å²) < 4.78 is 0. The zero-order chi connectivity index (χ0) is 14.4. The van der Waals surface area contributed by atoms with Gasteiger partial charge in [0, 0.05) is 6.54 Å². The van der Waals surface area contributed by atoms with Gasteiger partial charge in [-0.3, -0.25) is 4.79 Å². The lowest BCUT2D eigenvalue weighted by Crippen LogP contribution is -2.51. The summed E-state index contributed by atoms with van der Waals surface area (Å²) in [6, 6.07) is 9.99. The molecule has 1 aromatic rings. The van der Waals surface area contributed by atoms with Crippen LogP contribution in [0, 0.1) is 0 Å². The van der Waals surface area contributed by atoms with Gasteiger partial charge < -0.3 is 15.7 Å². The lowest BCUT2D eigenvalue weighted by atomic mass is 9.72. The van der Waals surface area contributed by atoms with E-state index in [0.29, 0.717) is 13.0 Å². The van der Waals surface area contributed by atoms with E-state index in [9.17, 15) is 9.90 Å². The molecule has 1 amide bonds. The van der Waals surface area contributed by atoms with Gasteiger partial charge in [-0.15, -0.1) is 0 Å². The molecule has 4 heteroatoms. The second-order valence-corrected chi connectivity index (χ2v) is 5.47. The number of hydrogen-bond donors (Lipinski definition) is 3. The predicted molar refractivity (Wildman–Crippen MR) is 79.5 cm³/mol. The molecule has 1 aromatic carbocycles. The largest absolute Gasteiger partial charge is 0.391 e. The minimum absolute atomic E-state index is 0.0395. The summed E-state index contributed by atoms with van der Waals surface area (Å²) in [6.45, 7) is 3.93. The predicted octanol–water partition coefficient (Wildman–Crippen LogP) is 1.19. The number of rotatable bonds is 5. The van der Waals surface area contributed by atoms with E-state index in [1.54, 1.807) is 0 Å². The van der Waals surface area contributed by atoms with Gasteiger partial charge in [-0.2, -0.15) is 0 Å². The Kier molecular flexibility index (Phi) is 5.15. The molecule has 0 spiro atoms. The van der Waals surface area contributed by atoms with Crippen molar-refractivity contribution in [3.8, 4) is 0 Å². The summed E-state index contributed by atoms with van der Waals surface area (Å²) in [4.78, 5) is 12.7. The highest BCUT2D eigenvalue weighted by atomic mass is 16.3. The molecule has 1 aliphatic rings. The summed E-state index contributed by atoms with van der Waals surface area (Å²) in [5.74, 6) is 0.0395. The number of aliphatic hydroxyl groups excluding tert-OH is 1. The highest BCUT2D eigenvalue weighted by Crippen LogP contribution is 2.33. The number of piperidine rings is 1. The number of aliphatic hydroxyl groups is 1. The third kappa shape index (κ3) is 3.19. The average molecular weight is 276 g/mol. The van der Waals surface area contributed by atoms with Crippen LogP contribution in [0.15, 0.2) is 30.3 Å². The summed E-state index contributed by atoms with van der Waals surface area (Å²) in [5.41, 5.74) is 0.616. The van der Waals surface area contributed by atoms with Crippen LogP contribution in [0.1, 0.15) is 31.7 Å². The number of nitrogens with one attached hydrogen (secondary N) is 2. The van der Waals surface area contributed by atoms with E-state index in [-0.39, 0.29) is 5.91 Å². The molecule has 1 aliphatic heterocycles. The molecule has 4 nitrogen and oxygen atoms in total. The first kappa shape index (κ1) is 15.0. The molecule has 1 atom stereocenters. The van der Waals surface area contributed by atoms with Gasteiger partial charge in [-0.25, -0.2) is 0 Å². The van der Waals surface area contributed by atoms with Gasteiger partial charge in [0.1, 0.15) is 0 Å². The first-order chi connectivity index (χ1) is 9.69. The average Bonchev–Trinajstić information content (AvgIpc) is 2.53. The molecule has 20 heavy (non-hydrogen) atoms. The first-order valence-electron chi connectivity index (χ1n) is 7.41. The van der Waals surface area contributed by atoms with Crippen LogP contribution in [0.3, 0.4) is 0 Å². The molecule has 110 valence electrons. The molecule has 0 aromatic heterocycles. The highest BCUT2D eigenvalue weighted by molar-refractivity contribution is 5.88. The first-order valence-corrected chi connectivity index (χ1v) is 7.41. The molecule has 0 radical (unpaired) electrons. The Balaban J connectivity index is 2.17. The minimum Gasteiger partial charge on any atom is -0.391 e. The fourth-order valence-electron chi connectivity index (χ4n) is 2.78. The smallest absolute Gasteiger partial charge is 0.230 e. The molecule has 1 saturated heterocycles. The standard InChI is InChI=1S/C16H24N2O2/c1-2-14(19)12-18-15(20)16(8-10-17-11-9-16)13-6-4-3-5-7-13/h3-7,14,17,19H,2,8-12H2,1H3,(H,18,20). The third-order valence-corrected chi connectivity index (χ3v) is 4.19. The molecule has 0 aliphatic carbocycles. The maximum atomic E-state index is 12.7. The van der Waals surface area contributed by atoms with Crippen molar-refractivity contribution in [2.45, 2.75) is 37.7 Å². The Morgan fingerprint density at radius 1 is 1.35 bits per heavy atom. The maximum Gasteiger partial charge on any atom is 0.230 e. The zero-order valence-electron chi connectivity index (χ0n) is 12.1. The minimum atomic E-state index is -0.464. The number of carbonyl (C=O) groups is 1. The lowest BCUT2D eigenvalue weighted by molar-refractivity contribution is -0.128. The Morgan fingerprint density at radius 3 is 2.60 bits per heavy atom. The number of carbonyl (C=O) groups excluding carboxylic acids is 1. The molecule has 0 saturated carbocycles. The quantitative estimate of drug-likeness (QED) is 0.757. The lowest BCUT2D eigenvalue weighted by Gasteiger charge is -2.37. The van der Waals surface area contributed by atoms with Gasteiger partial charge in [-0.1, -0.05) is 37.3 Å². The van der Waals surface area contributed by atoms with Crippen molar-refractivity contribution in [1.29, 1.82) is 0 Å². The van der Waals surface area contributed by atoms with Crippen molar-refractivity contribution in [2.24, 2.45) is 0 Å². The fraction of sp³-hybridized carbons (Fsp3) is 0.562. The molecule has 0 bridgehead atoms. The van der Waals surface area contributed by atoms with E-state index < -0.39 is 11.5 Å². The zero-order valence-corrected chi connectivity index (χ0v) is 12.1. The summed E-state index contributed by atoms with van der Waals surface area (Å²) in [7, 11) is 0. The normalized spacial score (nSPS) is 19.3. The Bertz CT molecular complexity index is 427. The number of amides is 1. The molecular formula is C16H24N2O2. The van der Waals surface area contributed by atoms with Crippen molar-refractivity contribution in [1.82, 2.24) is 10.6 Å². The van der Waals surface area contributed by atoms with Crippen LogP contribution < -0.4 is 10.6 Å². The van der Waals surface area contributed by atoms with E-state index in [1.807, 2.05) is 37.3 Å². The topological polar surface area (TPSA) is 61.4 Å². The second kappa shape index (κ2) is 6.86. The molecule has 1 unspecified atom stereocenters. The maximum absolute atomic E-state index is 12.7. The van der Waals surface area contributed by atoms with Crippen LogP contribution in [0.4, 0.5) is 0 Å². The van der Waals surface area contributed by atoms with Crippen LogP contribution in [0.5, 0.6) is 0 Å². The summed E-state index contributed by atoms with van der Waals surface area (Å²) in [5, 5.41) is 15.9. The molecule has 2 rings (SSSR count). The third-order valence-electron chi connectivity index (χ3n) is 4.19. The van der Waals surface area contributed by atoms with Gasteiger partial charge >= 0.3 is 0 Å². The SMILES string of the molecule is CCC(O)CNC(=O)C1(c2ccccc2)CCNCC1. The molecule has 1 fully saturated rings. The van der Waals surface area contributed by atoms with Gasteiger partial charge in [0.05, 0.1) is 11.5 Å². The monoisotopic (exact) mass is 276 g/mol. The highest BCUT2D eigenvalue weighted by Gasteiger charge is 2.40. The summed E-state index contributed by atoms with van der Waals surface area (Å²) >= 11 is 0. The van der Waals surface area contributed by atoms with E-state index in [0.717, 1.165) is 31.5 Å². The van der Waals surface area contributed by atoms with Crippen LogP contribution in [-0.2, 0) is 10.2 Å². The van der Waals surface area contributed by atoms with E-state index >= 15 is 0 Å². The fourth-order valence-corrected chi connectivity index (χ4v) is 2.78. The van der Waals surface area contributed by atoms with Crippen LogP contribution in [0.2, 0.25) is 0 Å². The van der Waals surface area contributed by atoms with Crippen molar-refractivity contribution < 1.29 is 9.90 Å². The van der Waals surface area contributed by atoms with Crippen molar-refractivity contribution in [3.05, 3.63) is 35.9 Å². The second-order valence-electron chi connectivity index (χ2n) is 5.47. The van der Waals surface area contributed by atoms with E-state index in [4.69, 9.17) is 0 Å². The van der Waals surface area contributed by atoms with Crippen molar-refractivity contribution >= 4 is 5.91 Å². The van der Waals surface area contributed by atoms with E-state index in [1.165, 1.54) is 0 Å². The Morgan fingerprint density at radius 2 is 2.00 bits per heavy atom. The molecule has 3 N–H and O–H groups in total. The molecule has 1 heterocycles. The van der Waals surface area contributed by atoms with Crippen LogP contribution >= 0.6 is 0 Å². The summed E-state index contributed by atoms with van der Waals surface area (Å²) in [6.07, 6.45) is 1.78. The van der Waals surface area contributed by atoms with Crippen molar-refractivity contribution in [3.63, 3.8) is 0 Å². The Hall–Kier alpha value is -1.39. The number of hydrogen-bond acceptors (Lipinski definition) is 3. The van der Waals surface area contributed by atoms with Crippen molar-refractivity contribution in [2.75, 3.05) is 19.6 Å². The molecular weight excluding hydrogens is 252 g/mol. The Labute approximate surface area is 120 Å².